The van der Waals surface area contributed by atoms with Crippen molar-refractivity contribution in [3.8, 4) is 0 Å². The first kappa shape index (κ1) is 15.9. The van der Waals surface area contributed by atoms with Crippen LogP contribution in [0.1, 0.15) is 56.7 Å². The third kappa shape index (κ3) is 2.42. The third-order valence-electron chi connectivity index (χ3n) is 7.39. The van der Waals surface area contributed by atoms with E-state index in [1.54, 1.807) is 11.1 Å². The topological polar surface area (TPSA) is 0 Å². The monoisotopic (exact) mass is 318 g/mol. The summed E-state index contributed by atoms with van der Waals surface area (Å²) in [6, 6.07) is 20.3. The van der Waals surface area contributed by atoms with Gasteiger partial charge >= 0.3 is 0 Å². The zero-order valence-electron chi connectivity index (χ0n) is 15.4. The van der Waals surface area contributed by atoms with Gasteiger partial charge in [0.2, 0.25) is 0 Å². The van der Waals surface area contributed by atoms with Crippen LogP contribution in [0.3, 0.4) is 0 Å². The predicted octanol–water partition coefficient (Wildman–Crippen LogP) is 6.19. The molecular weight excluding hydrogens is 288 g/mol. The summed E-state index contributed by atoms with van der Waals surface area (Å²) in [5, 5.41) is 0. The van der Waals surface area contributed by atoms with Gasteiger partial charge in [-0.25, -0.2) is 0 Å². The minimum atomic E-state index is 0.367. The van der Waals surface area contributed by atoms with Gasteiger partial charge in [0.1, 0.15) is 0 Å². The molecule has 0 heterocycles. The predicted molar refractivity (Wildman–Crippen MR) is 102 cm³/mol. The van der Waals surface area contributed by atoms with Crippen LogP contribution in [0, 0.1) is 17.3 Å². The lowest BCUT2D eigenvalue weighted by atomic mass is 9.47. The first-order chi connectivity index (χ1) is 11.5. The summed E-state index contributed by atoms with van der Waals surface area (Å²) >= 11 is 0. The maximum absolute atomic E-state index is 2.55. The number of fused-ring (bicyclic) bond motifs is 3. The van der Waals surface area contributed by atoms with E-state index >= 15 is 0 Å². The van der Waals surface area contributed by atoms with Gasteiger partial charge in [-0.15, -0.1) is 0 Å². The lowest BCUT2D eigenvalue weighted by Crippen LogP contribution is -2.52. The second-order valence-electron chi connectivity index (χ2n) is 8.91. The Balaban J connectivity index is 1.66. The first-order valence-electron chi connectivity index (χ1n) is 9.64. The van der Waals surface area contributed by atoms with Crippen LogP contribution in [0.4, 0.5) is 0 Å². The van der Waals surface area contributed by atoms with Crippen LogP contribution in [0.15, 0.2) is 54.6 Å². The summed E-state index contributed by atoms with van der Waals surface area (Å²) in [7, 11) is 0. The zero-order chi connectivity index (χ0) is 16.8. The maximum atomic E-state index is 2.55. The van der Waals surface area contributed by atoms with Gasteiger partial charge in [-0.05, 0) is 71.5 Å². The van der Waals surface area contributed by atoms with Crippen LogP contribution in [0.25, 0.3) is 0 Å². The van der Waals surface area contributed by atoms with Gasteiger partial charge in [0, 0.05) is 0 Å². The molecule has 2 aromatic rings. The normalized spacial score (nSPS) is 31.1. The van der Waals surface area contributed by atoms with Crippen molar-refractivity contribution in [1.29, 1.82) is 0 Å². The number of hydrogen-bond acceptors (Lipinski definition) is 0. The molecule has 0 nitrogen and oxygen atoms in total. The SMILES string of the molecule is CC1(C)[C@@H](Cc2ccccc2)CC[C@]2(C)c3ccccc3CC[C@@H]12. The molecule has 1 fully saturated rings. The highest BCUT2D eigenvalue weighted by Crippen LogP contribution is 2.59. The smallest absolute Gasteiger partial charge is 0.00389 e. The van der Waals surface area contributed by atoms with Gasteiger partial charge in [-0.1, -0.05) is 75.4 Å². The summed E-state index contributed by atoms with van der Waals surface area (Å²) in [5.41, 5.74) is 5.53. The second-order valence-corrected chi connectivity index (χ2v) is 8.91. The van der Waals surface area contributed by atoms with Gasteiger partial charge in [0.25, 0.3) is 0 Å². The van der Waals surface area contributed by atoms with Crippen LogP contribution >= 0.6 is 0 Å². The summed E-state index contributed by atoms with van der Waals surface area (Å²) in [6.45, 7) is 7.66. The molecule has 1 saturated carbocycles. The summed E-state index contributed by atoms with van der Waals surface area (Å²) < 4.78 is 0. The molecular formula is C24H30. The molecule has 0 spiro atoms. The second kappa shape index (κ2) is 5.76. The fourth-order valence-corrected chi connectivity index (χ4v) is 6.00. The average molecular weight is 319 g/mol. The largest absolute Gasteiger partial charge is 0.0622 e. The van der Waals surface area contributed by atoms with Crippen molar-refractivity contribution >= 4 is 0 Å². The van der Waals surface area contributed by atoms with Crippen molar-refractivity contribution in [2.24, 2.45) is 17.3 Å². The number of rotatable bonds is 2. The van der Waals surface area contributed by atoms with Gasteiger partial charge < -0.3 is 0 Å². The molecule has 0 radical (unpaired) electrons. The van der Waals surface area contributed by atoms with E-state index in [1.807, 2.05) is 0 Å². The number of aryl methyl sites for hydroxylation is 1. The molecule has 126 valence electrons. The number of hydrogen-bond donors (Lipinski definition) is 0. The molecule has 24 heavy (non-hydrogen) atoms. The van der Waals surface area contributed by atoms with E-state index in [-0.39, 0.29) is 0 Å². The van der Waals surface area contributed by atoms with Crippen molar-refractivity contribution in [2.45, 2.75) is 58.3 Å². The Morgan fingerprint density at radius 2 is 1.58 bits per heavy atom. The molecule has 0 aliphatic heterocycles. The fourth-order valence-electron chi connectivity index (χ4n) is 6.00. The van der Waals surface area contributed by atoms with Gasteiger partial charge in [-0.3, -0.25) is 0 Å². The molecule has 0 N–H and O–H groups in total. The van der Waals surface area contributed by atoms with E-state index in [0.717, 1.165) is 11.8 Å². The molecule has 4 rings (SSSR count). The molecule has 0 heteroatoms. The zero-order valence-corrected chi connectivity index (χ0v) is 15.4. The molecule has 0 unspecified atom stereocenters. The maximum Gasteiger partial charge on any atom is -0.00389 e. The van der Waals surface area contributed by atoms with Crippen LogP contribution < -0.4 is 0 Å². The third-order valence-corrected chi connectivity index (χ3v) is 7.39. The number of benzene rings is 2. The lowest BCUT2D eigenvalue weighted by Gasteiger charge is -2.57. The molecule has 2 aliphatic rings. The Hall–Kier alpha value is -1.56. The Bertz CT molecular complexity index is 712. The molecule has 0 amide bonds. The van der Waals surface area contributed by atoms with Crippen molar-refractivity contribution in [2.75, 3.05) is 0 Å². The molecule has 0 saturated heterocycles. The molecule has 3 atom stereocenters. The quantitative estimate of drug-likeness (QED) is 0.619. The van der Waals surface area contributed by atoms with Crippen molar-refractivity contribution in [1.82, 2.24) is 0 Å². The molecule has 2 aromatic carbocycles. The van der Waals surface area contributed by atoms with E-state index in [2.05, 4.69) is 75.4 Å². The first-order valence-corrected chi connectivity index (χ1v) is 9.64. The van der Waals surface area contributed by atoms with Crippen molar-refractivity contribution in [3.05, 3.63) is 71.3 Å². The van der Waals surface area contributed by atoms with Crippen LogP contribution in [-0.2, 0) is 18.3 Å². The Kier molecular flexibility index (Phi) is 3.82. The van der Waals surface area contributed by atoms with Crippen LogP contribution in [0.2, 0.25) is 0 Å². The standard InChI is InChI=1S/C24H30/c1-23(2)20(17-18-9-5-4-6-10-18)15-16-24(3)21-12-8-7-11-19(21)13-14-22(23)24/h4-12,20,22H,13-17H2,1-3H3/t20-,22+,24-/m1/s1. The molecule has 0 bridgehead atoms. The fraction of sp³-hybridized carbons (Fsp3) is 0.500. The highest BCUT2D eigenvalue weighted by Gasteiger charge is 2.53. The summed E-state index contributed by atoms with van der Waals surface area (Å²) in [4.78, 5) is 0. The van der Waals surface area contributed by atoms with Gasteiger partial charge in [0.15, 0.2) is 0 Å². The Morgan fingerprint density at radius 1 is 0.875 bits per heavy atom. The summed E-state index contributed by atoms with van der Waals surface area (Å²) in [6.07, 6.45) is 6.55. The van der Waals surface area contributed by atoms with E-state index in [0.29, 0.717) is 10.8 Å². The van der Waals surface area contributed by atoms with E-state index in [9.17, 15) is 0 Å². The van der Waals surface area contributed by atoms with Gasteiger partial charge in [-0.2, -0.15) is 0 Å². The molecule has 0 aromatic heterocycles. The van der Waals surface area contributed by atoms with Crippen molar-refractivity contribution in [3.63, 3.8) is 0 Å². The minimum Gasteiger partial charge on any atom is -0.0622 e. The molecule has 2 aliphatic carbocycles. The lowest BCUT2D eigenvalue weighted by molar-refractivity contribution is -0.0138. The van der Waals surface area contributed by atoms with Crippen LogP contribution in [0.5, 0.6) is 0 Å². The highest BCUT2D eigenvalue weighted by molar-refractivity contribution is 5.38. The van der Waals surface area contributed by atoms with Gasteiger partial charge in [0.05, 0.1) is 0 Å². The Morgan fingerprint density at radius 3 is 2.38 bits per heavy atom. The summed E-state index contributed by atoms with van der Waals surface area (Å²) in [5.74, 6) is 1.59. The van der Waals surface area contributed by atoms with Crippen LogP contribution in [-0.4, -0.2) is 0 Å². The van der Waals surface area contributed by atoms with E-state index < -0.39 is 0 Å². The highest BCUT2D eigenvalue weighted by atomic mass is 14.6. The van der Waals surface area contributed by atoms with Crippen molar-refractivity contribution < 1.29 is 0 Å². The minimum absolute atomic E-state index is 0.367. The Labute approximate surface area is 147 Å². The average Bonchev–Trinajstić information content (AvgIpc) is 2.59. The van der Waals surface area contributed by atoms with E-state index in [4.69, 9.17) is 0 Å². The van der Waals surface area contributed by atoms with E-state index in [1.165, 1.54) is 37.7 Å².